The van der Waals surface area contributed by atoms with Crippen molar-refractivity contribution in [1.82, 2.24) is 10.2 Å². The molecule has 1 amide bonds. The maximum absolute atomic E-state index is 12.3. The van der Waals surface area contributed by atoms with Gasteiger partial charge in [0.05, 0.1) is 0 Å². The van der Waals surface area contributed by atoms with Crippen molar-refractivity contribution < 1.29 is 4.79 Å². The van der Waals surface area contributed by atoms with Crippen molar-refractivity contribution in [3.8, 4) is 0 Å². The van der Waals surface area contributed by atoms with E-state index in [4.69, 9.17) is 0 Å². The van der Waals surface area contributed by atoms with Crippen molar-refractivity contribution in [3.05, 3.63) is 46.6 Å². The van der Waals surface area contributed by atoms with Crippen LogP contribution in [0.3, 0.4) is 0 Å². The Balaban J connectivity index is 2.20. The molecule has 1 aromatic heterocycles. The Kier molecular flexibility index (Phi) is 3.66. The Morgan fingerprint density at radius 1 is 1.20 bits per heavy atom. The third kappa shape index (κ3) is 3.07. The average Bonchev–Trinajstić information content (AvgIpc) is 2.80. The van der Waals surface area contributed by atoms with Crippen LogP contribution in [0.4, 0.5) is 5.82 Å². The van der Waals surface area contributed by atoms with Gasteiger partial charge in [-0.3, -0.25) is 9.89 Å². The van der Waals surface area contributed by atoms with Gasteiger partial charge in [-0.2, -0.15) is 5.10 Å². The number of H-pyrrole nitrogens is 1. The number of amides is 1. The van der Waals surface area contributed by atoms with E-state index in [0.29, 0.717) is 11.4 Å². The molecule has 0 aliphatic carbocycles. The predicted octanol–water partition coefficient (Wildman–Crippen LogP) is 3.58. The minimum absolute atomic E-state index is 0.0186. The van der Waals surface area contributed by atoms with E-state index in [1.54, 1.807) is 0 Å². The Morgan fingerprint density at radius 2 is 1.90 bits per heavy atom. The van der Waals surface area contributed by atoms with Gasteiger partial charge in [0.15, 0.2) is 5.82 Å². The summed E-state index contributed by atoms with van der Waals surface area (Å²) >= 11 is 0. The first-order valence-electron chi connectivity index (χ1n) is 6.72. The Bertz CT molecular complexity index is 635. The fraction of sp³-hybridized carbons (Fsp3) is 0.375. The highest BCUT2D eigenvalue weighted by molar-refractivity contribution is 6.04. The normalized spacial score (nSPS) is 11.4. The van der Waals surface area contributed by atoms with E-state index in [2.05, 4.69) is 36.3 Å². The zero-order valence-electron chi connectivity index (χ0n) is 12.7. The van der Waals surface area contributed by atoms with E-state index < -0.39 is 0 Å². The number of aromatic nitrogens is 2. The largest absolute Gasteiger partial charge is 0.305 e. The number of aryl methyl sites for hydroxylation is 2. The lowest BCUT2D eigenvalue weighted by molar-refractivity contribution is 0.102. The van der Waals surface area contributed by atoms with Gasteiger partial charge in [0, 0.05) is 22.7 Å². The predicted molar refractivity (Wildman–Crippen MR) is 81.2 cm³/mol. The minimum Gasteiger partial charge on any atom is -0.305 e. The Morgan fingerprint density at radius 3 is 2.50 bits per heavy atom. The number of carbonyl (C=O) groups is 1. The molecular weight excluding hydrogens is 250 g/mol. The quantitative estimate of drug-likeness (QED) is 0.877. The summed E-state index contributed by atoms with van der Waals surface area (Å²) in [5, 5.41) is 9.94. The third-order valence-corrected chi connectivity index (χ3v) is 3.27. The summed E-state index contributed by atoms with van der Waals surface area (Å²) in [7, 11) is 0. The van der Waals surface area contributed by atoms with Gasteiger partial charge in [-0.1, -0.05) is 38.5 Å². The van der Waals surface area contributed by atoms with Crippen LogP contribution in [0.25, 0.3) is 0 Å². The van der Waals surface area contributed by atoms with E-state index in [1.807, 2.05) is 38.1 Å². The van der Waals surface area contributed by atoms with Gasteiger partial charge in [-0.25, -0.2) is 0 Å². The highest BCUT2D eigenvalue weighted by Crippen LogP contribution is 2.22. The summed E-state index contributed by atoms with van der Waals surface area (Å²) in [5.74, 6) is 0.430. The number of hydrogen-bond donors (Lipinski definition) is 2. The first kappa shape index (κ1) is 14.3. The number of benzene rings is 1. The smallest absolute Gasteiger partial charge is 0.257 e. The van der Waals surface area contributed by atoms with Gasteiger partial charge in [0.2, 0.25) is 0 Å². The van der Waals surface area contributed by atoms with Crippen LogP contribution in [0.2, 0.25) is 0 Å². The highest BCUT2D eigenvalue weighted by atomic mass is 16.1. The van der Waals surface area contributed by atoms with Gasteiger partial charge in [-0.05, 0) is 25.5 Å². The van der Waals surface area contributed by atoms with Crippen molar-refractivity contribution in [3.63, 3.8) is 0 Å². The van der Waals surface area contributed by atoms with Crippen molar-refractivity contribution in [2.24, 2.45) is 0 Å². The molecule has 4 nitrogen and oxygen atoms in total. The van der Waals surface area contributed by atoms with Crippen LogP contribution in [-0.2, 0) is 5.41 Å². The van der Waals surface area contributed by atoms with Crippen molar-refractivity contribution in [2.75, 3.05) is 5.32 Å². The lowest BCUT2D eigenvalue weighted by atomic mass is 9.92. The van der Waals surface area contributed by atoms with E-state index >= 15 is 0 Å². The average molecular weight is 271 g/mol. The van der Waals surface area contributed by atoms with Crippen LogP contribution in [0, 0.1) is 13.8 Å². The van der Waals surface area contributed by atoms with Crippen LogP contribution < -0.4 is 5.32 Å². The first-order valence-corrected chi connectivity index (χ1v) is 6.72. The first-order chi connectivity index (χ1) is 9.27. The van der Waals surface area contributed by atoms with Gasteiger partial charge in [0.1, 0.15) is 0 Å². The lowest BCUT2D eigenvalue weighted by Gasteiger charge is -2.14. The fourth-order valence-electron chi connectivity index (χ4n) is 1.93. The molecule has 0 atom stereocenters. The molecule has 2 aromatic rings. The SMILES string of the molecule is Cc1ccc(C)c(C(=O)Nc2cc(C(C)(C)C)[nH]n2)c1. The van der Waals surface area contributed by atoms with Gasteiger partial charge < -0.3 is 5.32 Å². The Labute approximate surface area is 119 Å². The molecule has 106 valence electrons. The second-order valence-corrected chi connectivity index (χ2v) is 6.19. The molecule has 20 heavy (non-hydrogen) atoms. The van der Waals surface area contributed by atoms with Crippen LogP contribution >= 0.6 is 0 Å². The maximum Gasteiger partial charge on any atom is 0.257 e. The van der Waals surface area contributed by atoms with E-state index in [-0.39, 0.29) is 11.3 Å². The molecule has 0 unspecified atom stereocenters. The molecule has 0 aliphatic heterocycles. The number of rotatable bonds is 2. The number of aromatic amines is 1. The summed E-state index contributed by atoms with van der Waals surface area (Å²) in [6.07, 6.45) is 0. The minimum atomic E-state index is -0.127. The van der Waals surface area contributed by atoms with Crippen molar-refractivity contribution in [2.45, 2.75) is 40.0 Å². The molecule has 1 heterocycles. The van der Waals surface area contributed by atoms with Crippen LogP contribution in [0.5, 0.6) is 0 Å². The number of nitrogens with one attached hydrogen (secondary N) is 2. The van der Waals surface area contributed by atoms with E-state index in [0.717, 1.165) is 16.8 Å². The number of carbonyl (C=O) groups excluding carboxylic acids is 1. The number of nitrogens with zero attached hydrogens (tertiary/aromatic N) is 1. The van der Waals surface area contributed by atoms with E-state index in [9.17, 15) is 4.79 Å². The molecule has 1 aromatic carbocycles. The van der Waals surface area contributed by atoms with Gasteiger partial charge in [-0.15, -0.1) is 0 Å². The van der Waals surface area contributed by atoms with Gasteiger partial charge in [0.25, 0.3) is 5.91 Å². The second-order valence-electron chi connectivity index (χ2n) is 6.19. The van der Waals surface area contributed by atoms with Crippen LogP contribution in [0.15, 0.2) is 24.3 Å². The summed E-state index contributed by atoms with van der Waals surface area (Å²) in [6.45, 7) is 10.2. The molecule has 0 bridgehead atoms. The van der Waals surface area contributed by atoms with Crippen molar-refractivity contribution >= 4 is 11.7 Å². The number of anilines is 1. The van der Waals surface area contributed by atoms with Crippen molar-refractivity contribution in [1.29, 1.82) is 0 Å². The Hall–Kier alpha value is -2.10. The third-order valence-electron chi connectivity index (χ3n) is 3.27. The summed E-state index contributed by atoms with van der Waals surface area (Å²) < 4.78 is 0. The molecule has 0 radical (unpaired) electrons. The molecule has 2 rings (SSSR count). The molecule has 0 saturated heterocycles. The molecule has 0 saturated carbocycles. The molecule has 0 fully saturated rings. The monoisotopic (exact) mass is 271 g/mol. The zero-order chi connectivity index (χ0) is 14.9. The van der Waals surface area contributed by atoms with Crippen LogP contribution in [0.1, 0.15) is 48.0 Å². The van der Waals surface area contributed by atoms with Crippen LogP contribution in [-0.4, -0.2) is 16.1 Å². The van der Waals surface area contributed by atoms with E-state index in [1.165, 1.54) is 0 Å². The van der Waals surface area contributed by atoms with Gasteiger partial charge >= 0.3 is 0 Å². The lowest BCUT2D eigenvalue weighted by Crippen LogP contribution is -2.14. The zero-order valence-corrected chi connectivity index (χ0v) is 12.7. The molecular formula is C16H21N3O. The molecule has 4 heteroatoms. The second kappa shape index (κ2) is 5.12. The summed E-state index contributed by atoms with van der Waals surface area (Å²) in [5.41, 5.74) is 3.69. The fourth-order valence-corrected chi connectivity index (χ4v) is 1.93. The number of hydrogen-bond acceptors (Lipinski definition) is 2. The molecule has 0 aliphatic rings. The standard InChI is InChI=1S/C16H21N3O/c1-10-6-7-11(2)12(8-10)15(20)17-14-9-13(18-19-14)16(3,4)5/h6-9H,1-5H3,(H2,17,18,19,20). The molecule has 2 N–H and O–H groups in total. The topological polar surface area (TPSA) is 57.8 Å². The summed E-state index contributed by atoms with van der Waals surface area (Å²) in [6, 6.07) is 7.72. The molecule has 0 spiro atoms. The maximum atomic E-state index is 12.3. The summed E-state index contributed by atoms with van der Waals surface area (Å²) in [4.78, 5) is 12.3. The highest BCUT2D eigenvalue weighted by Gasteiger charge is 2.18.